The minimum absolute atomic E-state index is 0.753. The molecule has 0 fully saturated rings. The summed E-state index contributed by atoms with van der Waals surface area (Å²) in [7, 11) is 3.68. The van der Waals surface area contributed by atoms with Gasteiger partial charge in [-0.1, -0.05) is 42.5 Å². The van der Waals surface area contributed by atoms with E-state index < -0.39 is 0 Å². The molecule has 1 aromatic heterocycles. The smallest absolute Gasteiger partial charge is 0.203 e. The zero-order chi connectivity index (χ0) is 15.4. The van der Waals surface area contributed by atoms with Gasteiger partial charge in [0.1, 0.15) is 5.75 Å². The Bertz CT molecular complexity index is 750. The lowest BCUT2D eigenvalue weighted by Gasteiger charge is -2.09. The molecular weight excluding hydrogens is 274 g/mol. The molecule has 0 amide bonds. The maximum absolute atomic E-state index is 5.28. The van der Waals surface area contributed by atoms with Crippen molar-refractivity contribution in [2.75, 3.05) is 12.4 Å². The number of rotatable bonds is 5. The number of nitrogens with zero attached hydrogens (tertiary/aromatic N) is 2. The summed E-state index contributed by atoms with van der Waals surface area (Å²) in [5.41, 5.74) is 3.37. The first-order valence-electron chi connectivity index (χ1n) is 7.22. The van der Waals surface area contributed by atoms with Crippen LogP contribution in [0, 0.1) is 0 Å². The van der Waals surface area contributed by atoms with Crippen LogP contribution >= 0.6 is 0 Å². The highest BCUT2D eigenvalue weighted by Crippen LogP contribution is 2.25. The fourth-order valence-electron chi connectivity index (χ4n) is 2.40. The van der Waals surface area contributed by atoms with E-state index >= 15 is 0 Å². The molecule has 2 aromatic carbocycles. The summed E-state index contributed by atoms with van der Waals surface area (Å²) in [5.74, 6) is 1.69. The van der Waals surface area contributed by atoms with Crippen LogP contribution in [0.5, 0.6) is 5.75 Å². The molecule has 3 aromatic rings. The maximum Gasteiger partial charge on any atom is 0.203 e. The van der Waals surface area contributed by atoms with E-state index in [0.717, 1.165) is 29.5 Å². The van der Waals surface area contributed by atoms with Gasteiger partial charge in [0.05, 0.1) is 19.0 Å². The highest BCUT2D eigenvalue weighted by atomic mass is 16.5. The molecule has 112 valence electrons. The van der Waals surface area contributed by atoms with Crippen molar-refractivity contribution in [1.29, 1.82) is 0 Å². The van der Waals surface area contributed by atoms with Gasteiger partial charge in [-0.3, -0.25) is 0 Å². The van der Waals surface area contributed by atoms with Crippen molar-refractivity contribution in [2.24, 2.45) is 7.05 Å². The largest absolute Gasteiger partial charge is 0.497 e. The summed E-state index contributed by atoms with van der Waals surface area (Å²) in [6.45, 7) is 0.753. The summed E-state index contributed by atoms with van der Waals surface area (Å²) in [6.07, 6.45) is 1.88. The average molecular weight is 293 g/mol. The van der Waals surface area contributed by atoms with Gasteiger partial charge in [-0.15, -0.1) is 0 Å². The van der Waals surface area contributed by atoms with Gasteiger partial charge in [0.25, 0.3) is 0 Å². The molecule has 0 unspecified atom stereocenters. The van der Waals surface area contributed by atoms with Crippen LogP contribution in [0.25, 0.3) is 11.3 Å². The number of ether oxygens (including phenoxy) is 1. The molecule has 0 aliphatic heterocycles. The molecule has 1 N–H and O–H groups in total. The van der Waals surface area contributed by atoms with Crippen LogP contribution in [0.4, 0.5) is 5.95 Å². The van der Waals surface area contributed by atoms with Crippen LogP contribution in [0.15, 0.2) is 60.8 Å². The van der Waals surface area contributed by atoms with Crippen LogP contribution in [0.1, 0.15) is 5.56 Å². The molecule has 0 bridgehead atoms. The maximum atomic E-state index is 5.28. The van der Waals surface area contributed by atoms with E-state index in [-0.39, 0.29) is 0 Å². The predicted molar refractivity (Wildman–Crippen MR) is 89.0 cm³/mol. The molecule has 4 heteroatoms. The fourth-order valence-corrected chi connectivity index (χ4v) is 2.40. The summed E-state index contributed by atoms with van der Waals surface area (Å²) < 4.78 is 7.34. The molecule has 4 nitrogen and oxygen atoms in total. The Balaban J connectivity index is 1.79. The highest BCUT2D eigenvalue weighted by molar-refractivity contribution is 5.63. The van der Waals surface area contributed by atoms with Crippen molar-refractivity contribution in [3.05, 3.63) is 66.4 Å². The Hall–Kier alpha value is -2.75. The predicted octanol–water partition coefficient (Wildman–Crippen LogP) is 3.71. The first-order valence-corrected chi connectivity index (χ1v) is 7.22. The molecule has 0 radical (unpaired) electrons. The Labute approximate surface area is 130 Å². The van der Waals surface area contributed by atoms with E-state index in [4.69, 9.17) is 4.74 Å². The molecular formula is C18H19N3O. The number of nitrogens with one attached hydrogen (secondary N) is 1. The van der Waals surface area contributed by atoms with Crippen LogP contribution in [0.3, 0.4) is 0 Å². The van der Waals surface area contributed by atoms with E-state index in [2.05, 4.69) is 33.1 Å². The van der Waals surface area contributed by atoms with E-state index in [1.807, 2.05) is 49.6 Å². The number of benzene rings is 2. The van der Waals surface area contributed by atoms with Crippen molar-refractivity contribution in [3.8, 4) is 17.0 Å². The van der Waals surface area contributed by atoms with Gasteiger partial charge in [0.2, 0.25) is 5.95 Å². The van der Waals surface area contributed by atoms with Gasteiger partial charge in [-0.2, -0.15) is 0 Å². The number of aromatic nitrogens is 2. The molecule has 3 rings (SSSR count). The van der Waals surface area contributed by atoms with Gasteiger partial charge in [-0.25, -0.2) is 4.98 Å². The zero-order valence-corrected chi connectivity index (χ0v) is 12.8. The van der Waals surface area contributed by atoms with Crippen molar-refractivity contribution in [1.82, 2.24) is 9.55 Å². The monoisotopic (exact) mass is 293 g/mol. The normalized spacial score (nSPS) is 10.5. The van der Waals surface area contributed by atoms with E-state index in [1.165, 1.54) is 5.56 Å². The number of anilines is 1. The number of hydrogen-bond donors (Lipinski definition) is 1. The number of hydrogen-bond acceptors (Lipinski definition) is 3. The van der Waals surface area contributed by atoms with Gasteiger partial charge in [0, 0.05) is 19.2 Å². The summed E-state index contributed by atoms with van der Waals surface area (Å²) in [4.78, 5) is 4.47. The molecule has 0 spiro atoms. The lowest BCUT2D eigenvalue weighted by molar-refractivity contribution is 0.415. The van der Waals surface area contributed by atoms with Crippen molar-refractivity contribution >= 4 is 5.95 Å². The van der Waals surface area contributed by atoms with Crippen molar-refractivity contribution < 1.29 is 4.74 Å². The second-order valence-corrected chi connectivity index (χ2v) is 5.10. The Morgan fingerprint density at radius 2 is 1.91 bits per heavy atom. The lowest BCUT2D eigenvalue weighted by atomic mass is 10.1. The second kappa shape index (κ2) is 6.35. The highest BCUT2D eigenvalue weighted by Gasteiger charge is 2.09. The minimum Gasteiger partial charge on any atom is -0.497 e. The third-order valence-electron chi connectivity index (χ3n) is 3.65. The van der Waals surface area contributed by atoms with Gasteiger partial charge in [0.15, 0.2) is 0 Å². The number of methoxy groups -OCH3 is 1. The van der Waals surface area contributed by atoms with Crippen LogP contribution < -0.4 is 10.1 Å². The first-order chi connectivity index (χ1) is 10.8. The minimum atomic E-state index is 0.753. The molecule has 0 aliphatic carbocycles. The van der Waals surface area contributed by atoms with Gasteiger partial charge in [-0.05, 0) is 17.7 Å². The Morgan fingerprint density at radius 1 is 1.09 bits per heavy atom. The molecule has 1 heterocycles. The van der Waals surface area contributed by atoms with Crippen LogP contribution in [-0.2, 0) is 13.6 Å². The summed E-state index contributed by atoms with van der Waals surface area (Å²) in [5, 5.41) is 3.37. The summed E-state index contributed by atoms with van der Waals surface area (Å²) >= 11 is 0. The average Bonchev–Trinajstić information content (AvgIpc) is 2.95. The van der Waals surface area contributed by atoms with Gasteiger partial charge < -0.3 is 14.6 Å². The molecule has 22 heavy (non-hydrogen) atoms. The quantitative estimate of drug-likeness (QED) is 0.779. The fraction of sp³-hybridized carbons (Fsp3) is 0.167. The topological polar surface area (TPSA) is 39.1 Å². The van der Waals surface area contributed by atoms with E-state index in [0.29, 0.717) is 0 Å². The van der Waals surface area contributed by atoms with Crippen LogP contribution in [-0.4, -0.2) is 16.7 Å². The van der Waals surface area contributed by atoms with E-state index in [9.17, 15) is 0 Å². The van der Waals surface area contributed by atoms with E-state index in [1.54, 1.807) is 7.11 Å². The summed E-state index contributed by atoms with van der Waals surface area (Å²) in [6, 6.07) is 18.3. The molecule has 0 atom stereocenters. The number of imidazole rings is 1. The lowest BCUT2D eigenvalue weighted by Crippen LogP contribution is -2.05. The van der Waals surface area contributed by atoms with Crippen LogP contribution in [0.2, 0.25) is 0 Å². The van der Waals surface area contributed by atoms with Crippen molar-refractivity contribution in [2.45, 2.75) is 6.54 Å². The first kappa shape index (κ1) is 14.2. The zero-order valence-electron chi connectivity index (χ0n) is 12.8. The van der Waals surface area contributed by atoms with Crippen molar-refractivity contribution in [3.63, 3.8) is 0 Å². The Morgan fingerprint density at radius 3 is 2.68 bits per heavy atom. The Kier molecular flexibility index (Phi) is 4.10. The standard InChI is InChI=1S/C18H19N3O/c1-21-17(15-9-6-10-16(11-15)22-2)13-20-18(21)19-12-14-7-4-3-5-8-14/h3-11,13H,12H2,1-2H3,(H,19,20). The SMILES string of the molecule is COc1cccc(-c2cnc(NCc3ccccc3)n2C)c1. The second-order valence-electron chi connectivity index (χ2n) is 5.10. The molecule has 0 saturated carbocycles. The third-order valence-corrected chi connectivity index (χ3v) is 3.65. The third kappa shape index (κ3) is 2.96. The van der Waals surface area contributed by atoms with Gasteiger partial charge >= 0.3 is 0 Å². The molecule has 0 saturated heterocycles. The molecule has 0 aliphatic rings.